The van der Waals surface area contributed by atoms with Crippen molar-refractivity contribution in [1.29, 1.82) is 0 Å². The van der Waals surface area contributed by atoms with Crippen LogP contribution in [0.4, 0.5) is 0 Å². The van der Waals surface area contributed by atoms with Crippen LogP contribution in [0, 0.1) is 0 Å². The van der Waals surface area contributed by atoms with E-state index in [9.17, 15) is 0 Å². The molecule has 1 aromatic heterocycles. The Bertz CT molecular complexity index is 2110. The second-order valence-electron chi connectivity index (χ2n) is 13.3. The molecule has 4 heterocycles. The summed E-state index contributed by atoms with van der Waals surface area (Å²) in [6.45, 7) is 11.3. The third-order valence-electron chi connectivity index (χ3n) is 9.53. The fourth-order valence-electron chi connectivity index (χ4n) is 7.19. The van der Waals surface area contributed by atoms with E-state index in [1.807, 2.05) is 0 Å². The van der Waals surface area contributed by atoms with Gasteiger partial charge in [-0.25, -0.2) is 9.98 Å². The molecular weight excluding hydrogens is 546 g/mol. The van der Waals surface area contributed by atoms with E-state index in [1.165, 1.54) is 61.2 Å². The lowest BCUT2D eigenvalue weighted by atomic mass is 9.88. The number of H-pyrrole nitrogens is 1. The Morgan fingerprint density at radius 1 is 0.533 bits per heavy atom. The van der Waals surface area contributed by atoms with Gasteiger partial charge in [-0.15, -0.1) is 0 Å². The molecule has 8 rings (SSSR count). The van der Waals surface area contributed by atoms with Crippen LogP contribution in [0.2, 0.25) is 0 Å². The molecule has 3 aliphatic heterocycles. The number of benzene rings is 2. The zero-order chi connectivity index (χ0) is 30.9. The molecule has 2 aliphatic carbocycles. The van der Waals surface area contributed by atoms with E-state index in [2.05, 4.69) is 143 Å². The number of hydrogen-bond donors (Lipinski definition) is 1. The monoisotopic (exact) mass is 583 g/mol. The molecule has 2 aromatic carbocycles. The first-order valence-electron chi connectivity index (χ1n) is 16.1. The van der Waals surface area contributed by atoms with E-state index in [1.54, 1.807) is 0 Å². The highest BCUT2D eigenvalue weighted by atomic mass is 14.8. The highest BCUT2D eigenvalue weighted by Gasteiger charge is 2.24. The molecule has 220 valence electrons. The fourth-order valence-corrected chi connectivity index (χ4v) is 7.19. The molecule has 0 amide bonds. The predicted molar refractivity (Wildman–Crippen MR) is 191 cm³/mol. The van der Waals surface area contributed by atoms with Crippen LogP contribution < -0.4 is 10.7 Å². The zero-order valence-corrected chi connectivity index (χ0v) is 26.6. The van der Waals surface area contributed by atoms with Crippen molar-refractivity contribution in [2.75, 3.05) is 0 Å². The Balaban J connectivity index is 1.49. The van der Waals surface area contributed by atoms with Gasteiger partial charge in [-0.05, 0) is 87.6 Å². The fraction of sp³-hybridized carbons (Fsp3) is 0.190. The van der Waals surface area contributed by atoms with E-state index in [4.69, 9.17) is 9.98 Å². The maximum Gasteiger partial charge on any atom is 0.0737 e. The quantitative estimate of drug-likeness (QED) is 0.217. The Kier molecular flexibility index (Phi) is 6.28. The first kappa shape index (κ1) is 27.5. The number of aromatic amines is 1. The highest BCUT2D eigenvalue weighted by Crippen LogP contribution is 2.41. The third kappa shape index (κ3) is 4.49. The van der Waals surface area contributed by atoms with Crippen molar-refractivity contribution in [1.82, 2.24) is 4.98 Å². The summed E-state index contributed by atoms with van der Waals surface area (Å²) in [4.78, 5) is 14.4. The lowest BCUT2D eigenvalue weighted by Crippen LogP contribution is -2.15. The number of nitrogens with zero attached hydrogens (tertiary/aromatic N) is 2. The molecule has 0 spiro atoms. The Morgan fingerprint density at radius 3 is 1.40 bits per heavy atom. The summed E-state index contributed by atoms with van der Waals surface area (Å²) in [5.74, 6) is 0. The van der Waals surface area contributed by atoms with Crippen LogP contribution in [0.5, 0.6) is 0 Å². The molecule has 45 heavy (non-hydrogen) atoms. The molecule has 3 heteroatoms. The van der Waals surface area contributed by atoms with Crippen molar-refractivity contribution >= 4 is 47.1 Å². The first-order chi connectivity index (χ1) is 21.8. The van der Waals surface area contributed by atoms with Gasteiger partial charge in [0.1, 0.15) is 0 Å². The summed E-state index contributed by atoms with van der Waals surface area (Å²) in [5.41, 5.74) is 17.5. The van der Waals surface area contributed by atoms with Gasteiger partial charge < -0.3 is 4.98 Å². The Labute approximate surface area is 265 Å². The largest absolute Gasteiger partial charge is 0.355 e. The summed E-state index contributed by atoms with van der Waals surface area (Å²) in [6.07, 6.45) is 10.9. The molecule has 0 saturated heterocycles. The molecule has 3 aromatic rings. The van der Waals surface area contributed by atoms with Crippen molar-refractivity contribution in [2.24, 2.45) is 9.98 Å². The Morgan fingerprint density at radius 2 is 0.978 bits per heavy atom. The van der Waals surface area contributed by atoms with Crippen molar-refractivity contribution in [3.63, 3.8) is 0 Å². The molecule has 0 unspecified atom stereocenters. The maximum atomic E-state index is 5.29. The van der Waals surface area contributed by atoms with Gasteiger partial charge in [0.05, 0.1) is 22.8 Å². The Hall–Kier alpha value is -5.02. The topological polar surface area (TPSA) is 40.5 Å². The van der Waals surface area contributed by atoms with Gasteiger partial charge in [0, 0.05) is 33.0 Å². The standard InChI is InChI=1S/C42H37N3/c1-6-28-29(7-2)39-24-41-35-15-11-9-13-33(35)37(44-41)22-26-20-25(30-18-16-27(42(3,4)5)17-19-31(26)30)21-36-32-12-8-10-14-34(32)40(43-36)23-38(28)45-39/h8-24,45H,6-7H2,1-5H3. The van der Waals surface area contributed by atoms with Crippen LogP contribution in [-0.4, -0.2) is 16.4 Å². The van der Waals surface area contributed by atoms with Crippen LogP contribution in [0.25, 0.3) is 46.8 Å². The minimum Gasteiger partial charge on any atom is -0.355 e. The van der Waals surface area contributed by atoms with Gasteiger partial charge in [-0.2, -0.15) is 0 Å². The predicted octanol–water partition coefficient (Wildman–Crippen LogP) is 8.42. The van der Waals surface area contributed by atoms with Gasteiger partial charge in [0.25, 0.3) is 0 Å². The number of rotatable bonds is 2. The molecule has 0 atom stereocenters. The lowest BCUT2D eigenvalue weighted by molar-refractivity contribution is 0.591. The summed E-state index contributed by atoms with van der Waals surface area (Å²) < 4.78 is 0. The van der Waals surface area contributed by atoms with E-state index >= 15 is 0 Å². The zero-order valence-electron chi connectivity index (χ0n) is 26.6. The molecule has 5 aliphatic rings. The maximum absolute atomic E-state index is 5.29. The van der Waals surface area contributed by atoms with E-state index in [0.717, 1.165) is 46.4 Å². The summed E-state index contributed by atoms with van der Waals surface area (Å²) in [5, 5.41) is 2.26. The van der Waals surface area contributed by atoms with Crippen LogP contribution in [0.1, 0.15) is 84.7 Å². The first-order valence-corrected chi connectivity index (χ1v) is 16.1. The van der Waals surface area contributed by atoms with Gasteiger partial charge in [-0.1, -0.05) is 107 Å². The highest BCUT2D eigenvalue weighted by molar-refractivity contribution is 6.29. The average Bonchev–Trinajstić information content (AvgIpc) is 3.69. The van der Waals surface area contributed by atoms with Crippen LogP contribution >= 0.6 is 0 Å². The molecular formula is C42H37N3. The average molecular weight is 584 g/mol. The number of fused-ring (bicyclic) bond motifs is 15. The smallest absolute Gasteiger partial charge is 0.0737 e. The molecule has 1 N–H and O–H groups in total. The lowest BCUT2D eigenvalue weighted by Gasteiger charge is -2.17. The normalized spacial score (nSPS) is 15.0. The number of aliphatic imine (C=N–C) groups is 2. The molecule has 3 nitrogen and oxygen atoms in total. The molecule has 8 bridgehead atoms. The summed E-state index contributed by atoms with van der Waals surface area (Å²) in [7, 11) is 0. The van der Waals surface area contributed by atoms with Gasteiger partial charge in [-0.3, -0.25) is 0 Å². The molecule has 0 saturated carbocycles. The van der Waals surface area contributed by atoms with Gasteiger partial charge in [0.15, 0.2) is 0 Å². The van der Waals surface area contributed by atoms with Crippen LogP contribution in [-0.2, 0) is 18.3 Å². The van der Waals surface area contributed by atoms with Gasteiger partial charge >= 0.3 is 0 Å². The van der Waals surface area contributed by atoms with Crippen LogP contribution in [0.3, 0.4) is 0 Å². The number of aromatic nitrogens is 1. The van der Waals surface area contributed by atoms with E-state index < -0.39 is 0 Å². The minimum absolute atomic E-state index is 0.0474. The second kappa shape index (κ2) is 10.3. The van der Waals surface area contributed by atoms with Crippen molar-refractivity contribution < 1.29 is 0 Å². The van der Waals surface area contributed by atoms with Crippen molar-refractivity contribution in [3.05, 3.63) is 140 Å². The van der Waals surface area contributed by atoms with Crippen molar-refractivity contribution in [2.45, 2.75) is 52.9 Å². The molecule has 0 radical (unpaired) electrons. The SMILES string of the molecule is CCc1c(CC)c2[nH]c1=CC1=NC(=Cc3cc(c4ccc(C(C)(C)C)ccc3-4)C=C3N=C(C=2)c2ccccc23)c2ccccc21. The summed E-state index contributed by atoms with van der Waals surface area (Å²) in [6, 6.07) is 28.7. The third-order valence-corrected chi connectivity index (χ3v) is 9.53. The van der Waals surface area contributed by atoms with Crippen LogP contribution in [0.15, 0.2) is 88.8 Å². The van der Waals surface area contributed by atoms with Crippen molar-refractivity contribution in [3.8, 4) is 11.1 Å². The second-order valence-corrected chi connectivity index (χ2v) is 13.3. The minimum atomic E-state index is 0.0474. The van der Waals surface area contributed by atoms with E-state index in [0.29, 0.717) is 0 Å². The number of hydrogen-bond acceptors (Lipinski definition) is 2. The molecule has 0 fully saturated rings. The van der Waals surface area contributed by atoms with Gasteiger partial charge in [0.2, 0.25) is 0 Å². The summed E-state index contributed by atoms with van der Waals surface area (Å²) >= 11 is 0. The number of nitrogens with one attached hydrogen (secondary N) is 1. The van der Waals surface area contributed by atoms with E-state index in [-0.39, 0.29) is 5.41 Å².